The van der Waals surface area contributed by atoms with Crippen molar-refractivity contribution in [1.29, 1.82) is 0 Å². The Bertz CT molecular complexity index is 950. The van der Waals surface area contributed by atoms with Crippen molar-refractivity contribution in [1.82, 2.24) is 25.3 Å². The molecule has 1 aromatic carbocycles. The molecule has 3 aliphatic heterocycles. The van der Waals surface area contributed by atoms with E-state index in [2.05, 4.69) is 45.5 Å². The van der Waals surface area contributed by atoms with Crippen LogP contribution in [0.4, 0.5) is 4.79 Å². The highest BCUT2D eigenvalue weighted by Crippen LogP contribution is 2.42. The van der Waals surface area contributed by atoms with Crippen molar-refractivity contribution in [2.75, 3.05) is 26.7 Å². The topological polar surface area (TPSA) is 71.4 Å². The number of rotatable bonds is 6. The summed E-state index contributed by atoms with van der Waals surface area (Å²) in [5, 5.41) is 11.2. The van der Waals surface area contributed by atoms with Crippen LogP contribution in [0.15, 0.2) is 30.3 Å². The number of piperidine rings is 3. The van der Waals surface area contributed by atoms with Crippen LogP contribution in [0, 0.1) is 5.92 Å². The van der Waals surface area contributed by atoms with Gasteiger partial charge in [-0.2, -0.15) is 5.10 Å². The standard InChI is InChI=1S/C26H37N5O2/c1-30-25(15-24(29-30)18-8-10-22(33-2)11-9-18)23-17-31-13-12-19(23)14-21(31)16-27-26(32)28-20-6-4-3-5-7-20/h8-11,15,19-21,23H,3-7,12-14,16-17H2,1-2H3,(H2,27,28,32)/t19-,21+,23-/m0/s1. The Morgan fingerprint density at radius 1 is 1.15 bits per heavy atom. The first-order valence-corrected chi connectivity index (χ1v) is 12.6. The molecule has 0 radical (unpaired) electrons. The summed E-state index contributed by atoms with van der Waals surface area (Å²) in [6.45, 7) is 2.91. The van der Waals surface area contributed by atoms with E-state index in [1.807, 2.05) is 12.1 Å². The van der Waals surface area contributed by atoms with Gasteiger partial charge in [-0.25, -0.2) is 4.79 Å². The Hall–Kier alpha value is -2.54. The molecule has 4 fully saturated rings. The smallest absolute Gasteiger partial charge is 0.315 e. The predicted molar refractivity (Wildman–Crippen MR) is 129 cm³/mol. The van der Waals surface area contributed by atoms with Crippen molar-refractivity contribution >= 4 is 6.03 Å². The number of carbonyl (C=O) groups excluding carboxylic acids is 1. The lowest BCUT2D eigenvalue weighted by Crippen LogP contribution is -2.57. The van der Waals surface area contributed by atoms with Crippen LogP contribution >= 0.6 is 0 Å². The van der Waals surface area contributed by atoms with E-state index in [0.717, 1.165) is 55.9 Å². The van der Waals surface area contributed by atoms with E-state index in [-0.39, 0.29) is 6.03 Å². The molecule has 4 aliphatic rings. The van der Waals surface area contributed by atoms with E-state index in [0.29, 0.717) is 23.9 Å². The molecule has 2 amide bonds. The molecule has 2 aromatic rings. The first-order chi connectivity index (χ1) is 16.1. The number of hydrogen-bond acceptors (Lipinski definition) is 4. The molecule has 4 atom stereocenters. The number of aromatic nitrogens is 2. The molecule has 2 bridgehead atoms. The number of nitrogens with zero attached hydrogens (tertiary/aromatic N) is 3. The Morgan fingerprint density at radius 3 is 2.64 bits per heavy atom. The van der Waals surface area contributed by atoms with Gasteiger partial charge in [-0.05, 0) is 68.5 Å². The molecule has 33 heavy (non-hydrogen) atoms. The summed E-state index contributed by atoms with van der Waals surface area (Å²) in [6.07, 6.45) is 8.37. The van der Waals surface area contributed by atoms with E-state index in [1.54, 1.807) is 7.11 Å². The molecule has 1 aliphatic carbocycles. The second-order valence-electron chi connectivity index (χ2n) is 10.0. The maximum absolute atomic E-state index is 12.4. The number of nitrogens with one attached hydrogen (secondary N) is 2. The van der Waals surface area contributed by atoms with E-state index in [1.165, 1.54) is 31.4 Å². The van der Waals surface area contributed by atoms with Crippen molar-refractivity contribution in [3.63, 3.8) is 0 Å². The van der Waals surface area contributed by atoms with Crippen LogP contribution in [-0.2, 0) is 7.05 Å². The average Bonchev–Trinajstić information content (AvgIpc) is 3.25. The van der Waals surface area contributed by atoms with Gasteiger partial charge in [0, 0.05) is 49.4 Å². The van der Waals surface area contributed by atoms with Gasteiger partial charge in [-0.3, -0.25) is 9.58 Å². The number of ether oxygens (including phenoxy) is 1. The highest BCUT2D eigenvalue weighted by atomic mass is 16.5. The average molecular weight is 452 g/mol. The second kappa shape index (κ2) is 9.75. The lowest BCUT2D eigenvalue weighted by Gasteiger charge is -2.50. The van der Waals surface area contributed by atoms with Gasteiger partial charge >= 0.3 is 6.03 Å². The van der Waals surface area contributed by atoms with Gasteiger partial charge < -0.3 is 15.4 Å². The van der Waals surface area contributed by atoms with E-state index >= 15 is 0 Å². The number of urea groups is 1. The minimum absolute atomic E-state index is 0.0110. The van der Waals surface area contributed by atoms with Crippen LogP contribution in [0.2, 0.25) is 0 Å². The maximum Gasteiger partial charge on any atom is 0.315 e. The van der Waals surface area contributed by atoms with E-state index in [4.69, 9.17) is 9.84 Å². The lowest BCUT2D eigenvalue weighted by molar-refractivity contribution is 0.0294. The normalized spacial score (nSPS) is 27.3. The molecule has 4 heterocycles. The molecule has 0 spiro atoms. The summed E-state index contributed by atoms with van der Waals surface area (Å²) in [4.78, 5) is 15.0. The molecular formula is C26H37N5O2. The van der Waals surface area contributed by atoms with Crippen LogP contribution in [-0.4, -0.2) is 59.5 Å². The van der Waals surface area contributed by atoms with Gasteiger partial charge in [-0.15, -0.1) is 0 Å². The summed E-state index contributed by atoms with van der Waals surface area (Å²) in [5.74, 6) is 2.00. The first-order valence-electron chi connectivity index (χ1n) is 12.6. The number of aryl methyl sites for hydroxylation is 1. The summed E-state index contributed by atoms with van der Waals surface area (Å²) >= 11 is 0. The molecule has 7 heteroatoms. The predicted octanol–water partition coefficient (Wildman–Crippen LogP) is 3.91. The summed E-state index contributed by atoms with van der Waals surface area (Å²) in [5.41, 5.74) is 3.45. The lowest BCUT2D eigenvalue weighted by atomic mass is 9.74. The SMILES string of the molecule is COc1ccc(-c2cc([C@H]3CN4CC[C@H]3C[C@@H]4CNC(=O)NC3CCCCC3)n(C)n2)cc1. The number of amides is 2. The summed E-state index contributed by atoms with van der Waals surface area (Å²) in [7, 11) is 3.75. The van der Waals surface area contributed by atoms with Crippen LogP contribution in [0.5, 0.6) is 5.75 Å². The monoisotopic (exact) mass is 451 g/mol. The van der Waals surface area contributed by atoms with Gasteiger partial charge in [0.1, 0.15) is 5.75 Å². The van der Waals surface area contributed by atoms with Crippen molar-refractivity contribution in [2.24, 2.45) is 13.0 Å². The number of fused-ring (bicyclic) bond motifs is 3. The fraction of sp³-hybridized carbons (Fsp3) is 0.615. The zero-order chi connectivity index (χ0) is 22.8. The minimum atomic E-state index is 0.0110. The quantitative estimate of drug-likeness (QED) is 0.699. The first kappa shape index (κ1) is 22.3. The maximum atomic E-state index is 12.4. The van der Waals surface area contributed by atoms with E-state index in [9.17, 15) is 4.79 Å². The van der Waals surface area contributed by atoms with Crippen molar-refractivity contribution in [3.8, 4) is 17.0 Å². The van der Waals surface area contributed by atoms with Crippen LogP contribution in [0.25, 0.3) is 11.3 Å². The van der Waals surface area contributed by atoms with Gasteiger partial charge in [0.15, 0.2) is 0 Å². The molecule has 7 nitrogen and oxygen atoms in total. The molecule has 1 saturated carbocycles. The summed E-state index contributed by atoms with van der Waals surface area (Å²) in [6, 6.07) is 11.2. The third kappa shape index (κ3) is 4.88. The van der Waals surface area contributed by atoms with Gasteiger partial charge in [0.2, 0.25) is 0 Å². The van der Waals surface area contributed by atoms with Crippen molar-refractivity contribution < 1.29 is 9.53 Å². The summed E-state index contributed by atoms with van der Waals surface area (Å²) < 4.78 is 7.35. The van der Waals surface area contributed by atoms with Crippen LogP contribution in [0.3, 0.4) is 0 Å². The van der Waals surface area contributed by atoms with Crippen LogP contribution < -0.4 is 15.4 Å². The van der Waals surface area contributed by atoms with Gasteiger partial charge in [0.25, 0.3) is 0 Å². The third-order valence-electron chi connectivity index (χ3n) is 8.00. The Balaban J connectivity index is 1.19. The largest absolute Gasteiger partial charge is 0.497 e. The van der Waals surface area contributed by atoms with Gasteiger partial charge in [-0.1, -0.05) is 19.3 Å². The molecular weight excluding hydrogens is 414 g/mol. The molecule has 178 valence electrons. The van der Waals surface area contributed by atoms with Crippen molar-refractivity contribution in [3.05, 3.63) is 36.0 Å². The Labute approximate surface area is 196 Å². The van der Waals surface area contributed by atoms with Crippen molar-refractivity contribution in [2.45, 2.75) is 62.9 Å². The fourth-order valence-electron chi connectivity index (χ4n) is 6.11. The number of benzene rings is 1. The molecule has 2 N–H and O–H groups in total. The molecule has 3 saturated heterocycles. The third-order valence-corrected chi connectivity index (χ3v) is 8.00. The van der Waals surface area contributed by atoms with Crippen LogP contribution in [0.1, 0.15) is 56.6 Å². The zero-order valence-electron chi connectivity index (χ0n) is 19.9. The molecule has 1 unspecified atom stereocenters. The Morgan fingerprint density at radius 2 is 1.94 bits per heavy atom. The number of hydrogen-bond donors (Lipinski definition) is 2. The number of carbonyl (C=O) groups is 1. The zero-order valence-corrected chi connectivity index (χ0v) is 19.9. The highest BCUT2D eigenvalue weighted by molar-refractivity contribution is 5.74. The highest BCUT2D eigenvalue weighted by Gasteiger charge is 2.41. The van der Waals surface area contributed by atoms with Gasteiger partial charge in [0.05, 0.1) is 12.8 Å². The number of methoxy groups -OCH3 is 1. The molecule has 6 rings (SSSR count). The second-order valence-corrected chi connectivity index (χ2v) is 10.0. The Kier molecular flexibility index (Phi) is 6.58. The minimum Gasteiger partial charge on any atom is -0.497 e. The molecule has 1 aromatic heterocycles. The fourth-order valence-corrected chi connectivity index (χ4v) is 6.11. The van der Waals surface area contributed by atoms with E-state index < -0.39 is 0 Å².